The average molecular weight is 543 g/mol. The van der Waals surface area contributed by atoms with E-state index in [0.717, 1.165) is 13.1 Å². The van der Waals surface area contributed by atoms with Crippen LogP contribution < -0.4 is 11.2 Å². The highest BCUT2D eigenvalue weighted by Gasteiger charge is 2.42. The van der Waals surface area contributed by atoms with E-state index in [0.29, 0.717) is 17.9 Å². The first-order chi connectivity index (χ1) is 16.7. The van der Waals surface area contributed by atoms with Gasteiger partial charge in [0, 0.05) is 45.0 Å². The van der Waals surface area contributed by atoms with Gasteiger partial charge >= 0.3 is 13.4 Å². The van der Waals surface area contributed by atoms with Crippen LogP contribution in [0.3, 0.4) is 0 Å². The van der Waals surface area contributed by atoms with E-state index in [1.807, 2.05) is 51.6 Å². The number of likely N-dealkylation sites (N-methyl/N-ethyl adjacent to an activating group) is 3. The number of hydrogen-bond donors (Lipinski definition) is 1. The Kier molecular flexibility index (Phi) is 9.67. The number of aromatic nitrogens is 2. The zero-order chi connectivity index (χ0) is 28.5. The third-order valence-electron chi connectivity index (χ3n) is 6.31. The van der Waals surface area contributed by atoms with Gasteiger partial charge in [0.1, 0.15) is 6.23 Å². The molecule has 1 aromatic heterocycles. The lowest BCUT2D eigenvalue weighted by molar-refractivity contribution is -0.0845. The van der Waals surface area contributed by atoms with E-state index in [9.17, 15) is 14.2 Å². The van der Waals surface area contributed by atoms with Gasteiger partial charge in [-0.15, -0.1) is 0 Å². The summed E-state index contributed by atoms with van der Waals surface area (Å²) < 4.78 is 34.9. The van der Waals surface area contributed by atoms with Gasteiger partial charge in [-0.25, -0.2) is 14.0 Å². The maximum absolute atomic E-state index is 14.5. The van der Waals surface area contributed by atoms with Crippen molar-refractivity contribution in [1.29, 1.82) is 0 Å². The van der Waals surface area contributed by atoms with E-state index in [-0.39, 0.29) is 5.41 Å². The topological polar surface area (TPSA) is 112 Å². The number of guanidine groups is 1. The standard InChI is InChI=1S/C25H47N6O5P/c1-17-16-31(23(33)26-21(17)32)19(3)35-20(15-24(4,5)6)18(2)30(12)37(34,36-25(7,8)9)27-22-28(10)13-14-29(22)11/h16,18-20H,13-15H2,1-12H3,(H,26,32,33)/t18-,19-,20-,37?/m1/s1. The molecule has 0 bridgehead atoms. The molecular weight excluding hydrogens is 495 g/mol. The molecule has 1 saturated heterocycles. The zero-order valence-electron chi connectivity index (χ0n) is 24.7. The molecule has 0 aromatic carbocycles. The summed E-state index contributed by atoms with van der Waals surface area (Å²) in [5.41, 5.74) is -1.39. The van der Waals surface area contributed by atoms with Gasteiger partial charge in [-0.1, -0.05) is 20.8 Å². The number of aryl methyl sites for hydroxylation is 1. The molecule has 0 aliphatic carbocycles. The third-order valence-corrected chi connectivity index (χ3v) is 8.69. The van der Waals surface area contributed by atoms with E-state index in [1.165, 1.54) is 10.8 Å². The van der Waals surface area contributed by atoms with Crippen LogP contribution >= 0.6 is 7.67 Å². The molecule has 0 spiro atoms. The summed E-state index contributed by atoms with van der Waals surface area (Å²) >= 11 is 0. The quantitative estimate of drug-likeness (QED) is 0.471. The summed E-state index contributed by atoms with van der Waals surface area (Å²) in [5.74, 6) is 0.614. The monoisotopic (exact) mass is 542 g/mol. The Hall–Kier alpha value is -1.94. The van der Waals surface area contributed by atoms with E-state index in [1.54, 1.807) is 25.6 Å². The molecule has 37 heavy (non-hydrogen) atoms. The number of aromatic amines is 1. The van der Waals surface area contributed by atoms with Crippen molar-refractivity contribution in [1.82, 2.24) is 24.0 Å². The summed E-state index contributed by atoms with van der Waals surface area (Å²) in [7, 11) is 1.86. The molecule has 0 radical (unpaired) electrons. The van der Waals surface area contributed by atoms with Crippen LogP contribution in [0.5, 0.6) is 0 Å². The number of hydrogen-bond acceptors (Lipinski definition) is 5. The van der Waals surface area contributed by atoms with Crippen LogP contribution in [0.4, 0.5) is 0 Å². The maximum atomic E-state index is 14.5. The predicted molar refractivity (Wildman–Crippen MR) is 148 cm³/mol. The van der Waals surface area contributed by atoms with Gasteiger partial charge in [0.15, 0.2) is 0 Å². The number of ether oxygens (including phenoxy) is 1. The van der Waals surface area contributed by atoms with Gasteiger partial charge in [0.25, 0.3) is 5.56 Å². The molecular formula is C25H47N6O5P. The summed E-state index contributed by atoms with van der Waals surface area (Å²) in [6.45, 7) is 18.8. The summed E-state index contributed by atoms with van der Waals surface area (Å²) in [4.78, 5) is 30.6. The van der Waals surface area contributed by atoms with Crippen molar-refractivity contribution < 1.29 is 13.8 Å². The fourth-order valence-corrected chi connectivity index (χ4v) is 6.32. The van der Waals surface area contributed by atoms with E-state index < -0.39 is 42.9 Å². The second-order valence-corrected chi connectivity index (χ2v) is 14.3. The Labute approximate surface area is 221 Å². The highest BCUT2D eigenvalue weighted by molar-refractivity contribution is 7.55. The van der Waals surface area contributed by atoms with Crippen molar-refractivity contribution in [2.75, 3.05) is 34.2 Å². The Bertz CT molecular complexity index is 1120. The van der Waals surface area contributed by atoms with Crippen molar-refractivity contribution in [2.45, 2.75) is 92.7 Å². The first-order valence-corrected chi connectivity index (χ1v) is 14.3. The number of nitrogens with zero attached hydrogens (tertiary/aromatic N) is 5. The van der Waals surface area contributed by atoms with Gasteiger partial charge in [-0.2, -0.15) is 4.76 Å². The number of nitrogens with one attached hydrogen (secondary N) is 1. The summed E-state index contributed by atoms with van der Waals surface area (Å²) in [6.07, 6.45) is 1.01. The van der Waals surface area contributed by atoms with Crippen LogP contribution in [0, 0.1) is 12.3 Å². The first-order valence-electron chi connectivity index (χ1n) is 12.8. The zero-order valence-corrected chi connectivity index (χ0v) is 25.5. The molecule has 1 N–H and O–H groups in total. The lowest BCUT2D eigenvalue weighted by Crippen LogP contribution is -2.44. The van der Waals surface area contributed by atoms with E-state index in [4.69, 9.17) is 14.0 Å². The Morgan fingerprint density at radius 3 is 2.14 bits per heavy atom. The average Bonchev–Trinajstić information content (AvgIpc) is 3.04. The molecule has 1 aliphatic heterocycles. The highest BCUT2D eigenvalue weighted by atomic mass is 31.2. The lowest BCUT2D eigenvalue weighted by Gasteiger charge is -2.40. The van der Waals surface area contributed by atoms with Gasteiger partial charge in [0.05, 0.1) is 11.7 Å². The molecule has 11 nitrogen and oxygen atoms in total. The molecule has 212 valence electrons. The molecule has 0 amide bonds. The van der Waals surface area contributed by atoms with Gasteiger partial charge in [0.2, 0.25) is 5.96 Å². The fourth-order valence-electron chi connectivity index (χ4n) is 4.15. The van der Waals surface area contributed by atoms with Crippen LogP contribution in [0.15, 0.2) is 20.5 Å². The Morgan fingerprint density at radius 1 is 1.11 bits per heavy atom. The first kappa shape index (κ1) is 31.3. The largest absolute Gasteiger partial charge is 0.393 e. The van der Waals surface area contributed by atoms with Crippen molar-refractivity contribution in [2.24, 2.45) is 10.2 Å². The fraction of sp³-hybridized carbons (Fsp3) is 0.800. The van der Waals surface area contributed by atoms with Crippen molar-refractivity contribution in [3.63, 3.8) is 0 Å². The molecule has 1 aliphatic rings. The summed E-state index contributed by atoms with van der Waals surface area (Å²) in [5, 5.41) is 0. The second-order valence-electron chi connectivity index (χ2n) is 12.3. The van der Waals surface area contributed by atoms with Crippen LogP contribution in [0.2, 0.25) is 0 Å². The van der Waals surface area contributed by atoms with Crippen molar-refractivity contribution in [3.05, 3.63) is 32.6 Å². The smallest absolute Gasteiger partial charge is 0.353 e. The van der Waals surface area contributed by atoms with Crippen molar-refractivity contribution >= 4 is 13.6 Å². The van der Waals surface area contributed by atoms with E-state index >= 15 is 0 Å². The summed E-state index contributed by atoms with van der Waals surface area (Å²) in [6, 6.07) is -0.393. The Balaban J connectivity index is 2.48. The van der Waals surface area contributed by atoms with Crippen LogP contribution in [0.25, 0.3) is 0 Å². The third kappa shape index (κ3) is 8.27. The molecule has 2 rings (SSSR count). The maximum Gasteiger partial charge on any atom is 0.393 e. The molecule has 1 unspecified atom stereocenters. The minimum absolute atomic E-state index is 0.127. The number of H-pyrrole nitrogens is 1. The van der Waals surface area contributed by atoms with Crippen LogP contribution in [-0.2, 0) is 13.8 Å². The van der Waals surface area contributed by atoms with Crippen molar-refractivity contribution in [3.8, 4) is 0 Å². The molecule has 1 fully saturated rings. The minimum Gasteiger partial charge on any atom is -0.353 e. The lowest BCUT2D eigenvalue weighted by atomic mass is 9.87. The highest BCUT2D eigenvalue weighted by Crippen LogP contribution is 2.56. The molecule has 2 heterocycles. The predicted octanol–water partition coefficient (Wildman–Crippen LogP) is 3.66. The second kappa shape index (κ2) is 11.4. The van der Waals surface area contributed by atoms with Gasteiger partial charge < -0.3 is 14.5 Å². The minimum atomic E-state index is -3.73. The van der Waals surface area contributed by atoms with Crippen LogP contribution in [0.1, 0.15) is 73.6 Å². The normalized spacial score (nSPS) is 19.2. The number of rotatable bonds is 9. The van der Waals surface area contributed by atoms with Gasteiger partial charge in [-0.3, -0.25) is 18.9 Å². The molecule has 1 aromatic rings. The molecule has 4 atom stereocenters. The SMILES string of the molecule is Cc1cn([C@@H](C)O[C@H](CC(C)(C)C)[C@@H](C)N(C)P(=O)(N=C2N(C)CCN2C)OC(C)(C)C)c(=O)[nH]c1=O. The molecule has 12 heteroatoms. The Morgan fingerprint density at radius 2 is 1.65 bits per heavy atom. The molecule has 0 saturated carbocycles. The van der Waals surface area contributed by atoms with Crippen LogP contribution in [-0.4, -0.2) is 82.0 Å². The van der Waals surface area contributed by atoms with Gasteiger partial charge in [-0.05, 0) is 60.4 Å². The van der Waals surface area contributed by atoms with E-state index in [2.05, 4.69) is 25.8 Å².